The summed E-state index contributed by atoms with van der Waals surface area (Å²) in [7, 11) is 0. The van der Waals surface area contributed by atoms with Crippen LogP contribution >= 0.6 is 0 Å². The normalized spacial score (nSPS) is 33.0. The van der Waals surface area contributed by atoms with E-state index < -0.39 is 0 Å². The number of likely N-dealkylation sites (tertiary alicyclic amines) is 2. The second-order valence-corrected chi connectivity index (χ2v) is 12.3. The summed E-state index contributed by atoms with van der Waals surface area (Å²) in [5, 5.41) is 0. The van der Waals surface area contributed by atoms with E-state index in [2.05, 4.69) is 4.90 Å². The van der Waals surface area contributed by atoms with Crippen LogP contribution < -0.4 is 4.90 Å². The molecule has 5 fully saturated rings. The maximum Gasteiger partial charge on any atom is 0.410 e. The Labute approximate surface area is 218 Å². The van der Waals surface area contributed by atoms with Gasteiger partial charge in [0, 0.05) is 48.6 Å². The molecule has 4 aliphatic heterocycles. The molecule has 4 heterocycles. The summed E-state index contributed by atoms with van der Waals surface area (Å²) in [5.74, 6) is 0.709. The van der Waals surface area contributed by atoms with E-state index in [0.717, 1.165) is 82.3 Å². The number of hydrogen-bond donors (Lipinski definition) is 0. The smallest absolute Gasteiger partial charge is 0.410 e. The number of carbonyl (C=O) groups excluding carboxylic acids is 2. The van der Waals surface area contributed by atoms with E-state index in [1.54, 1.807) is 6.07 Å². The molecule has 0 N–H and O–H groups in total. The fraction of sp³-hybridized carbons (Fsp3) is 0.724. The molecular formula is C29H38FN3O4. The van der Waals surface area contributed by atoms with Crippen molar-refractivity contribution in [2.24, 2.45) is 11.8 Å². The molecule has 6 aliphatic rings. The first-order valence-corrected chi connectivity index (χ1v) is 14.4. The van der Waals surface area contributed by atoms with Crippen molar-refractivity contribution in [2.45, 2.75) is 81.4 Å². The van der Waals surface area contributed by atoms with E-state index in [1.807, 2.05) is 15.9 Å². The third-order valence-electron chi connectivity index (χ3n) is 10.1. The molecule has 200 valence electrons. The van der Waals surface area contributed by atoms with Gasteiger partial charge in [-0.15, -0.1) is 0 Å². The summed E-state index contributed by atoms with van der Waals surface area (Å²) < 4.78 is 25.5. The van der Waals surface area contributed by atoms with Crippen LogP contribution in [-0.2, 0) is 19.7 Å². The highest BCUT2D eigenvalue weighted by Crippen LogP contribution is 2.50. The number of hydrogen-bond acceptors (Lipinski definition) is 5. The number of fused-ring (bicyclic) bond motifs is 3. The van der Waals surface area contributed by atoms with Crippen molar-refractivity contribution in [2.75, 3.05) is 44.3 Å². The first kappa shape index (κ1) is 23.9. The van der Waals surface area contributed by atoms with Gasteiger partial charge in [0.15, 0.2) is 0 Å². The maximum absolute atomic E-state index is 14.4. The summed E-state index contributed by atoms with van der Waals surface area (Å²) in [6.45, 7) is 4.57. The molecule has 8 heteroatoms. The van der Waals surface area contributed by atoms with Crippen molar-refractivity contribution in [3.8, 4) is 0 Å². The van der Waals surface area contributed by atoms with E-state index in [0.29, 0.717) is 31.7 Å². The van der Waals surface area contributed by atoms with Gasteiger partial charge in [0.05, 0.1) is 13.2 Å². The van der Waals surface area contributed by atoms with Gasteiger partial charge in [0.1, 0.15) is 11.9 Å². The minimum Gasteiger partial charge on any atom is -0.444 e. The lowest BCUT2D eigenvalue weighted by molar-refractivity contribution is -0.119. The molecule has 3 saturated heterocycles. The van der Waals surface area contributed by atoms with Gasteiger partial charge in [0.25, 0.3) is 0 Å². The standard InChI is InChI=1S/C29H38FN3O4/c30-21-5-6-25-24(15-21)29(18-33(25)27(34)19-3-4-19)8-11-31(12-9-29)22-14-20-2-1-10-32(26(20)16-22)28(35)37-23-7-13-36-17-23/h5-6,15,19-20,22-23,26H,1-4,7-14,16-18H2/t20?,22?,23-,26?/m0/s1. The third kappa shape index (κ3) is 4.24. The highest BCUT2D eigenvalue weighted by molar-refractivity contribution is 5.99. The van der Waals surface area contributed by atoms with E-state index >= 15 is 0 Å². The largest absolute Gasteiger partial charge is 0.444 e. The monoisotopic (exact) mass is 511 g/mol. The Bertz CT molecular complexity index is 1060. The van der Waals surface area contributed by atoms with Gasteiger partial charge in [-0.25, -0.2) is 9.18 Å². The fourth-order valence-corrected chi connectivity index (χ4v) is 7.93. The van der Waals surface area contributed by atoms with Gasteiger partial charge in [0.2, 0.25) is 5.91 Å². The first-order valence-electron chi connectivity index (χ1n) is 14.4. The Morgan fingerprint density at radius 2 is 1.89 bits per heavy atom. The molecule has 37 heavy (non-hydrogen) atoms. The lowest BCUT2D eigenvalue weighted by atomic mass is 9.74. The molecule has 1 aromatic rings. The number of halogens is 1. The van der Waals surface area contributed by atoms with Crippen LogP contribution in [0.15, 0.2) is 18.2 Å². The van der Waals surface area contributed by atoms with Gasteiger partial charge in [-0.2, -0.15) is 0 Å². The Kier molecular flexibility index (Phi) is 5.96. The lowest BCUT2D eigenvalue weighted by Gasteiger charge is -2.42. The molecule has 4 atom stereocenters. The molecule has 7 nitrogen and oxygen atoms in total. The molecule has 2 saturated carbocycles. The number of rotatable bonds is 3. The van der Waals surface area contributed by atoms with Gasteiger partial charge >= 0.3 is 6.09 Å². The second kappa shape index (κ2) is 9.23. The van der Waals surface area contributed by atoms with Crippen LogP contribution in [0.4, 0.5) is 14.9 Å². The van der Waals surface area contributed by atoms with Crippen LogP contribution in [-0.4, -0.2) is 79.4 Å². The van der Waals surface area contributed by atoms with Gasteiger partial charge < -0.3 is 24.2 Å². The highest BCUT2D eigenvalue weighted by Gasteiger charge is 2.51. The third-order valence-corrected chi connectivity index (χ3v) is 10.1. The number of ether oxygens (including phenoxy) is 2. The van der Waals surface area contributed by atoms with Crippen LogP contribution in [0.5, 0.6) is 0 Å². The van der Waals surface area contributed by atoms with Crippen molar-refractivity contribution < 1.29 is 23.5 Å². The Hall–Kier alpha value is -2.19. The molecule has 0 aromatic heterocycles. The van der Waals surface area contributed by atoms with Crippen molar-refractivity contribution in [3.63, 3.8) is 0 Å². The van der Waals surface area contributed by atoms with Crippen molar-refractivity contribution in [1.29, 1.82) is 0 Å². The summed E-state index contributed by atoms with van der Waals surface area (Å²) in [6, 6.07) is 5.73. The van der Waals surface area contributed by atoms with Crippen LogP contribution in [0.2, 0.25) is 0 Å². The Morgan fingerprint density at radius 3 is 2.65 bits per heavy atom. The van der Waals surface area contributed by atoms with Crippen LogP contribution in [0.1, 0.15) is 63.4 Å². The lowest BCUT2D eigenvalue weighted by Crippen LogP contribution is -2.49. The van der Waals surface area contributed by atoms with E-state index in [-0.39, 0.29) is 41.3 Å². The summed E-state index contributed by atoms with van der Waals surface area (Å²) in [5.41, 5.74) is 1.81. The van der Waals surface area contributed by atoms with E-state index in [4.69, 9.17) is 9.47 Å². The van der Waals surface area contributed by atoms with Crippen LogP contribution in [0.3, 0.4) is 0 Å². The minimum atomic E-state index is -0.211. The van der Waals surface area contributed by atoms with Crippen molar-refractivity contribution in [3.05, 3.63) is 29.6 Å². The van der Waals surface area contributed by atoms with Crippen LogP contribution in [0, 0.1) is 17.7 Å². The predicted octanol–water partition coefficient (Wildman–Crippen LogP) is 4.08. The molecular weight excluding hydrogens is 473 g/mol. The highest BCUT2D eigenvalue weighted by atomic mass is 19.1. The van der Waals surface area contributed by atoms with Gasteiger partial charge in [-0.1, -0.05) is 0 Å². The van der Waals surface area contributed by atoms with Crippen molar-refractivity contribution >= 4 is 17.7 Å². The summed E-state index contributed by atoms with van der Waals surface area (Å²) >= 11 is 0. The molecule has 2 aliphatic carbocycles. The van der Waals surface area contributed by atoms with Crippen LogP contribution in [0.25, 0.3) is 0 Å². The number of anilines is 1. The first-order chi connectivity index (χ1) is 18.0. The topological polar surface area (TPSA) is 62.3 Å². The average molecular weight is 512 g/mol. The number of nitrogens with zero attached hydrogens (tertiary/aromatic N) is 3. The number of benzene rings is 1. The summed E-state index contributed by atoms with van der Waals surface area (Å²) in [4.78, 5) is 32.7. The molecule has 3 unspecified atom stereocenters. The fourth-order valence-electron chi connectivity index (χ4n) is 7.93. The van der Waals surface area contributed by atoms with Gasteiger partial charge in [-0.05, 0) is 94.1 Å². The summed E-state index contributed by atoms with van der Waals surface area (Å²) in [6.07, 6.45) is 8.74. The average Bonchev–Trinajstić information content (AvgIpc) is 3.32. The molecule has 0 radical (unpaired) electrons. The minimum absolute atomic E-state index is 0.103. The van der Waals surface area contributed by atoms with Crippen molar-refractivity contribution in [1.82, 2.24) is 9.80 Å². The maximum atomic E-state index is 14.4. The van der Waals surface area contributed by atoms with Gasteiger partial charge in [-0.3, -0.25) is 4.79 Å². The molecule has 1 aromatic carbocycles. The zero-order valence-corrected chi connectivity index (χ0v) is 21.6. The second-order valence-electron chi connectivity index (χ2n) is 12.3. The van der Waals surface area contributed by atoms with E-state index in [9.17, 15) is 14.0 Å². The zero-order chi connectivity index (χ0) is 25.1. The Balaban J connectivity index is 1.03. The zero-order valence-electron chi connectivity index (χ0n) is 21.6. The predicted molar refractivity (Wildman–Crippen MR) is 136 cm³/mol. The molecule has 0 bridgehead atoms. The molecule has 7 rings (SSSR count). The Morgan fingerprint density at radius 1 is 1.05 bits per heavy atom. The SMILES string of the molecule is O=C(C1CC1)N1CC2(CCN(C3CC4CCCN(C(=O)O[C@H]5CCOC5)C4C3)CC2)c2cc(F)ccc21. The number of amides is 2. The number of carbonyl (C=O) groups is 2. The quantitative estimate of drug-likeness (QED) is 0.612. The number of piperidine rings is 2. The van der Waals surface area contributed by atoms with E-state index in [1.165, 1.54) is 12.5 Å². The molecule has 1 spiro atoms. The molecule has 2 amide bonds.